The summed E-state index contributed by atoms with van der Waals surface area (Å²) in [6, 6.07) is 5.84. The van der Waals surface area contributed by atoms with Crippen LogP contribution in [0.25, 0.3) is 12.2 Å². The number of rotatable bonds is 2. The molecule has 4 rings (SSSR count). The second-order valence-electron chi connectivity index (χ2n) is 18.1. The molecule has 0 aliphatic carbocycles. The minimum Gasteiger partial charge on any atom is -0.507 e. The lowest BCUT2D eigenvalue weighted by Crippen LogP contribution is -2.52. The number of carbonyl (C=O) groups excluding carboxylic acids is 6. The predicted molar refractivity (Wildman–Crippen MR) is 209 cm³/mol. The van der Waals surface area contributed by atoms with E-state index in [4.69, 9.17) is 0 Å². The van der Waals surface area contributed by atoms with Crippen LogP contribution in [0.4, 0.5) is 9.59 Å². The third-order valence-electron chi connectivity index (χ3n) is 9.41. The van der Waals surface area contributed by atoms with Gasteiger partial charge in [0.05, 0.1) is 0 Å². The number of carbonyl (C=O) groups is 6. The predicted octanol–water partition coefficient (Wildman–Crippen LogP) is 6.84. The minimum absolute atomic E-state index is 0.0787. The van der Waals surface area contributed by atoms with Crippen LogP contribution in [0.3, 0.4) is 0 Å². The lowest BCUT2D eigenvalue weighted by atomic mass is 9.78. The van der Waals surface area contributed by atoms with Crippen molar-refractivity contribution in [3.8, 4) is 11.5 Å². The Morgan fingerprint density at radius 1 is 0.407 bits per heavy atom. The summed E-state index contributed by atoms with van der Waals surface area (Å²) in [5.41, 5.74) is 2.72. The first-order valence-corrected chi connectivity index (χ1v) is 17.7. The summed E-state index contributed by atoms with van der Waals surface area (Å²) in [5.74, 6) is -2.08. The van der Waals surface area contributed by atoms with Gasteiger partial charge in [-0.15, -0.1) is 0 Å². The van der Waals surface area contributed by atoms with Crippen molar-refractivity contribution in [2.24, 2.45) is 0 Å². The molecule has 0 bridgehead atoms. The van der Waals surface area contributed by atoms with Gasteiger partial charge in [-0.1, -0.05) is 83.1 Å². The van der Waals surface area contributed by atoms with Crippen LogP contribution in [0.2, 0.25) is 0 Å². The lowest BCUT2D eigenvalue weighted by Gasteiger charge is -2.30. The summed E-state index contributed by atoms with van der Waals surface area (Å²) in [6.45, 7) is 23.9. The summed E-state index contributed by atoms with van der Waals surface area (Å²) in [6.07, 6.45) is 2.99. The van der Waals surface area contributed by atoms with Gasteiger partial charge in [-0.2, -0.15) is 0 Å². The topological polar surface area (TPSA) is 156 Å². The van der Waals surface area contributed by atoms with Crippen LogP contribution in [0.15, 0.2) is 35.4 Å². The van der Waals surface area contributed by atoms with E-state index >= 15 is 0 Å². The number of benzene rings is 2. The number of phenols is 2. The van der Waals surface area contributed by atoms with Crippen LogP contribution in [-0.4, -0.2) is 93.7 Å². The van der Waals surface area contributed by atoms with Crippen molar-refractivity contribution in [3.63, 3.8) is 0 Å². The maximum absolute atomic E-state index is 12.5. The Balaban J connectivity index is 0.000000290. The second kappa shape index (κ2) is 14.5. The smallest absolute Gasteiger partial charge is 0.333 e. The van der Waals surface area contributed by atoms with Crippen LogP contribution in [0, 0.1) is 0 Å². The zero-order chi connectivity index (χ0) is 41.8. The molecular weight excluding hydrogens is 688 g/mol. The average Bonchev–Trinajstić information content (AvgIpc) is 3.04. The first kappa shape index (κ1) is 43.1. The Morgan fingerprint density at radius 3 is 0.759 bits per heavy atom. The molecule has 2 saturated heterocycles. The van der Waals surface area contributed by atoms with E-state index in [9.17, 15) is 39.0 Å². The monoisotopic (exact) mass is 744 g/mol. The van der Waals surface area contributed by atoms with E-state index in [1.54, 1.807) is 24.3 Å². The fourth-order valence-electron chi connectivity index (χ4n) is 6.05. The molecule has 0 atom stereocenters. The second-order valence-corrected chi connectivity index (χ2v) is 18.1. The van der Waals surface area contributed by atoms with Crippen molar-refractivity contribution < 1.29 is 39.0 Å². The Morgan fingerprint density at radius 2 is 0.593 bits per heavy atom. The molecule has 0 aromatic heterocycles. The summed E-state index contributed by atoms with van der Waals surface area (Å²) >= 11 is 0. The first-order valence-electron chi connectivity index (χ1n) is 17.7. The van der Waals surface area contributed by atoms with Gasteiger partial charge >= 0.3 is 12.1 Å². The van der Waals surface area contributed by atoms with Gasteiger partial charge in [-0.05, 0) is 69.2 Å². The maximum Gasteiger partial charge on any atom is 0.333 e. The molecule has 2 fully saturated rings. The van der Waals surface area contributed by atoms with Gasteiger partial charge in [0.25, 0.3) is 23.6 Å². The third-order valence-corrected chi connectivity index (χ3v) is 9.41. The molecule has 54 heavy (non-hydrogen) atoms. The maximum atomic E-state index is 12.5. The summed E-state index contributed by atoms with van der Waals surface area (Å²) in [7, 11) is 5.39. The van der Waals surface area contributed by atoms with E-state index < -0.39 is 35.7 Å². The molecule has 12 heteroatoms. The highest BCUT2D eigenvalue weighted by atomic mass is 16.3. The van der Waals surface area contributed by atoms with E-state index in [0.717, 1.165) is 41.9 Å². The number of likely N-dealkylation sites (N-methyl/N-ethyl adjacent to an activating group) is 4. The summed E-state index contributed by atoms with van der Waals surface area (Å²) in [4.78, 5) is 77.4. The quantitative estimate of drug-likeness (QED) is 0.250. The molecule has 2 aliphatic rings. The lowest BCUT2D eigenvalue weighted by molar-refractivity contribution is -0.135. The fourth-order valence-corrected chi connectivity index (χ4v) is 6.05. The number of hydrogen-bond donors (Lipinski definition) is 2. The van der Waals surface area contributed by atoms with E-state index in [1.165, 1.54) is 40.3 Å². The van der Waals surface area contributed by atoms with Crippen molar-refractivity contribution in [3.05, 3.63) is 68.8 Å². The number of phenolic OH excluding ortho intramolecular Hbond substituents is 2. The molecule has 12 nitrogen and oxygen atoms in total. The normalized spacial score (nSPS) is 16.3. The summed E-state index contributed by atoms with van der Waals surface area (Å²) in [5, 5.41) is 21.6. The summed E-state index contributed by atoms with van der Waals surface area (Å²) < 4.78 is 0. The largest absolute Gasteiger partial charge is 0.507 e. The number of hydrogen-bond acceptors (Lipinski definition) is 8. The molecular formula is C42H56N4O8. The van der Waals surface area contributed by atoms with Gasteiger partial charge in [-0.3, -0.25) is 38.8 Å². The molecule has 0 radical (unpaired) electrons. The van der Waals surface area contributed by atoms with Gasteiger partial charge in [-0.25, -0.2) is 9.59 Å². The number of amides is 8. The highest BCUT2D eigenvalue weighted by molar-refractivity contribution is 6.31. The van der Waals surface area contributed by atoms with E-state index in [-0.39, 0.29) is 44.3 Å². The average molecular weight is 745 g/mol. The Hall–Kier alpha value is -5.26. The van der Waals surface area contributed by atoms with Crippen LogP contribution >= 0.6 is 0 Å². The number of aromatic hydroxyl groups is 2. The third kappa shape index (κ3) is 8.58. The molecule has 8 amide bonds. The molecule has 2 heterocycles. The van der Waals surface area contributed by atoms with E-state index in [0.29, 0.717) is 11.1 Å². The number of imide groups is 4. The molecule has 0 spiro atoms. The van der Waals surface area contributed by atoms with Crippen LogP contribution < -0.4 is 0 Å². The standard InChI is InChI=1S/2C21H28N2O4/c2*1-20(2,3)14-10-12(11-15(16(14)24)21(4,5)6)9-13-17(25)22(7)19(27)23(8)18(13)26/h2*9-11,24H,1-8H3. The van der Waals surface area contributed by atoms with Gasteiger partial charge in [0.15, 0.2) is 0 Å². The van der Waals surface area contributed by atoms with Crippen molar-refractivity contribution >= 4 is 47.8 Å². The zero-order valence-electron chi connectivity index (χ0n) is 34.6. The molecule has 292 valence electrons. The van der Waals surface area contributed by atoms with Crippen LogP contribution in [0.1, 0.15) is 116 Å². The van der Waals surface area contributed by atoms with Crippen molar-refractivity contribution in [1.82, 2.24) is 19.6 Å². The number of nitrogens with zero attached hydrogens (tertiary/aromatic N) is 4. The molecule has 2 aromatic rings. The highest BCUT2D eigenvalue weighted by Crippen LogP contribution is 2.42. The van der Waals surface area contributed by atoms with Gasteiger partial charge in [0.1, 0.15) is 22.6 Å². The van der Waals surface area contributed by atoms with Crippen LogP contribution in [-0.2, 0) is 40.8 Å². The Kier molecular flexibility index (Phi) is 11.6. The van der Waals surface area contributed by atoms with Gasteiger partial charge < -0.3 is 10.2 Å². The zero-order valence-corrected chi connectivity index (χ0v) is 34.6. The van der Waals surface area contributed by atoms with E-state index in [2.05, 4.69) is 0 Å². The van der Waals surface area contributed by atoms with E-state index in [1.807, 2.05) is 83.1 Å². The van der Waals surface area contributed by atoms with Crippen molar-refractivity contribution in [2.75, 3.05) is 28.2 Å². The van der Waals surface area contributed by atoms with Gasteiger partial charge in [0, 0.05) is 50.4 Å². The molecule has 0 unspecified atom stereocenters. The molecule has 2 aromatic carbocycles. The minimum atomic E-state index is -0.654. The highest BCUT2D eigenvalue weighted by Gasteiger charge is 2.39. The van der Waals surface area contributed by atoms with Crippen molar-refractivity contribution in [1.29, 1.82) is 0 Å². The number of urea groups is 2. The Bertz CT molecular complexity index is 1730. The SMILES string of the molecule is CN1C(=O)C(=Cc2cc(C(C)(C)C)c(O)c(C(C)(C)C)c2)C(=O)N(C)C1=O.CN1C(=O)C(=Cc2cc(C(C)(C)C)c(O)c(C(C)(C)C)c2)C(=O)N(C)C1=O. The van der Waals surface area contributed by atoms with Crippen molar-refractivity contribution in [2.45, 2.75) is 105 Å². The molecule has 2 N–H and O–H groups in total. The Labute approximate surface area is 319 Å². The fraction of sp³-hybridized carbons (Fsp3) is 0.476. The first-order chi connectivity index (χ1) is 24.3. The van der Waals surface area contributed by atoms with Crippen LogP contribution in [0.5, 0.6) is 11.5 Å². The number of barbiturate groups is 2. The van der Waals surface area contributed by atoms with Gasteiger partial charge in [0.2, 0.25) is 0 Å². The molecule has 0 saturated carbocycles. The molecule has 2 aliphatic heterocycles.